The van der Waals surface area contributed by atoms with Crippen molar-refractivity contribution in [1.82, 2.24) is 0 Å². The molecule has 1 aromatic rings. The Morgan fingerprint density at radius 2 is 1.67 bits per heavy atom. The van der Waals surface area contributed by atoms with E-state index in [4.69, 9.17) is 4.74 Å². The number of ether oxygens (including phenoxy) is 1. The van der Waals surface area contributed by atoms with Gasteiger partial charge in [-0.1, -0.05) is 12.1 Å². The molecule has 0 heterocycles. The molecule has 120 valence electrons. The maximum Gasteiger partial charge on any atom is 0.402 e. The number of benzene rings is 1. The maximum absolute atomic E-state index is 14.3. The third kappa shape index (κ3) is 3.80. The summed E-state index contributed by atoms with van der Waals surface area (Å²) in [7, 11) is -3.35. The van der Waals surface area contributed by atoms with Gasteiger partial charge in [-0.05, 0) is 31.5 Å². The highest BCUT2D eigenvalue weighted by Gasteiger charge is 2.59. The van der Waals surface area contributed by atoms with E-state index in [0.29, 0.717) is 5.75 Å². The molecule has 0 aliphatic rings. The second kappa shape index (κ2) is 7.31. The maximum atomic E-state index is 14.3. The first-order valence-corrected chi connectivity index (χ1v) is 7.95. The molecular formula is C13H19F2O5P. The summed E-state index contributed by atoms with van der Waals surface area (Å²) in [5.41, 5.74) is -4.17. The molecule has 0 aromatic heterocycles. The van der Waals surface area contributed by atoms with Gasteiger partial charge in [0.05, 0.1) is 20.3 Å². The Kier molecular flexibility index (Phi) is 6.28. The van der Waals surface area contributed by atoms with Crippen LogP contribution in [-0.2, 0) is 13.6 Å². The fourth-order valence-electron chi connectivity index (χ4n) is 1.69. The minimum Gasteiger partial charge on any atom is -0.497 e. The highest BCUT2D eigenvalue weighted by atomic mass is 31.2. The smallest absolute Gasteiger partial charge is 0.402 e. The van der Waals surface area contributed by atoms with Crippen molar-refractivity contribution in [3.63, 3.8) is 0 Å². The number of hydrogen-bond donors (Lipinski definition) is 1. The van der Waals surface area contributed by atoms with E-state index in [1.807, 2.05) is 0 Å². The number of rotatable bonds is 8. The van der Waals surface area contributed by atoms with Gasteiger partial charge in [-0.3, -0.25) is 4.57 Å². The van der Waals surface area contributed by atoms with Crippen LogP contribution in [0, 0.1) is 0 Å². The number of aliphatic hydroxyl groups excluding tert-OH is 1. The lowest BCUT2D eigenvalue weighted by Gasteiger charge is -2.29. The number of halogens is 2. The fraction of sp³-hybridized carbons (Fsp3) is 0.538. The third-order valence-electron chi connectivity index (χ3n) is 2.72. The number of aliphatic hydroxyl groups is 1. The van der Waals surface area contributed by atoms with Gasteiger partial charge < -0.3 is 18.9 Å². The molecule has 1 rings (SSSR count). The van der Waals surface area contributed by atoms with E-state index in [9.17, 15) is 18.5 Å². The molecule has 5 nitrogen and oxygen atoms in total. The fourth-order valence-corrected chi connectivity index (χ4v) is 3.23. The quantitative estimate of drug-likeness (QED) is 0.740. The van der Waals surface area contributed by atoms with Crippen molar-refractivity contribution in [2.45, 2.75) is 25.6 Å². The van der Waals surface area contributed by atoms with Gasteiger partial charge in [-0.25, -0.2) is 0 Å². The van der Waals surface area contributed by atoms with Crippen LogP contribution in [0.1, 0.15) is 25.5 Å². The Hall–Kier alpha value is -1.01. The average Bonchev–Trinajstić information content (AvgIpc) is 2.47. The second-order valence-electron chi connectivity index (χ2n) is 4.10. The first-order chi connectivity index (χ1) is 9.82. The third-order valence-corrected chi connectivity index (χ3v) is 4.89. The lowest BCUT2D eigenvalue weighted by Crippen LogP contribution is -2.28. The molecule has 1 atom stereocenters. The Bertz CT molecular complexity index is 482. The van der Waals surface area contributed by atoms with Crippen LogP contribution in [0.15, 0.2) is 24.3 Å². The normalized spacial score (nSPS) is 14.0. The standard InChI is InChI=1S/C13H19F2O5P/c1-4-19-21(17,20-5-2)13(14,15)12(16)10-6-8-11(18-3)9-7-10/h6-9,12,16H,4-5H2,1-3H3. The molecule has 21 heavy (non-hydrogen) atoms. The van der Waals surface area contributed by atoms with Gasteiger partial charge in [-0.15, -0.1) is 0 Å². The van der Waals surface area contributed by atoms with E-state index in [1.54, 1.807) is 0 Å². The van der Waals surface area contributed by atoms with Crippen molar-refractivity contribution in [1.29, 1.82) is 0 Å². The van der Waals surface area contributed by atoms with Crippen LogP contribution in [0.2, 0.25) is 0 Å². The predicted molar refractivity (Wildman–Crippen MR) is 73.8 cm³/mol. The van der Waals surface area contributed by atoms with Crippen molar-refractivity contribution >= 4 is 7.60 Å². The molecule has 8 heteroatoms. The Morgan fingerprint density at radius 1 is 1.19 bits per heavy atom. The minimum absolute atomic E-state index is 0.111. The first-order valence-electron chi connectivity index (χ1n) is 6.41. The summed E-state index contributed by atoms with van der Waals surface area (Å²) in [4.78, 5) is 0. The van der Waals surface area contributed by atoms with E-state index < -0.39 is 19.4 Å². The molecule has 0 aliphatic carbocycles. The van der Waals surface area contributed by atoms with E-state index >= 15 is 0 Å². The molecular weight excluding hydrogens is 305 g/mol. The Balaban J connectivity index is 3.10. The highest BCUT2D eigenvalue weighted by molar-refractivity contribution is 7.55. The summed E-state index contributed by atoms with van der Waals surface area (Å²) < 4.78 is 55.0. The van der Waals surface area contributed by atoms with Gasteiger partial charge in [0.2, 0.25) is 0 Å². The molecule has 0 fully saturated rings. The summed E-state index contributed by atoms with van der Waals surface area (Å²) in [6, 6.07) is 5.36. The van der Waals surface area contributed by atoms with E-state index in [0.717, 1.165) is 0 Å². The average molecular weight is 324 g/mol. The van der Waals surface area contributed by atoms with E-state index in [-0.39, 0.29) is 18.8 Å². The van der Waals surface area contributed by atoms with Crippen LogP contribution < -0.4 is 4.74 Å². The van der Waals surface area contributed by atoms with Gasteiger partial charge in [-0.2, -0.15) is 8.78 Å². The molecule has 0 amide bonds. The van der Waals surface area contributed by atoms with Crippen LogP contribution in [0.5, 0.6) is 5.75 Å². The summed E-state index contributed by atoms with van der Waals surface area (Å²) in [5, 5.41) is 9.88. The molecule has 0 aliphatic heterocycles. The summed E-state index contributed by atoms with van der Waals surface area (Å²) >= 11 is 0. The topological polar surface area (TPSA) is 65.0 Å². The zero-order chi connectivity index (χ0) is 16.1. The lowest BCUT2D eigenvalue weighted by atomic mass is 10.1. The molecule has 0 saturated heterocycles. The number of hydrogen-bond acceptors (Lipinski definition) is 5. The molecule has 1 unspecified atom stereocenters. The summed E-state index contributed by atoms with van der Waals surface area (Å²) in [6.07, 6.45) is -2.31. The van der Waals surface area contributed by atoms with Crippen molar-refractivity contribution in [3.05, 3.63) is 29.8 Å². The summed E-state index contributed by atoms with van der Waals surface area (Å²) in [6.45, 7) is 2.40. The zero-order valence-corrected chi connectivity index (χ0v) is 13.0. The van der Waals surface area contributed by atoms with Gasteiger partial charge in [0.1, 0.15) is 5.75 Å². The van der Waals surface area contributed by atoms with Gasteiger partial charge in [0.25, 0.3) is 0 Å². The predicted octanol–water partition coefficient (Wildman–Crippen LogP) is 3.59. The molecule has 1 N–H and O–H groups in total. The number of methoxy groups -OCH3 is 1. The van der Waals surface area contributed by atoms with Crippen LogP contribution in [0.4, 0.5) is 8.78 Å². The second-order valence-corrected chi connectivity index (χ2v) is 6.20. The van der Waals surface area contributed by atoms with Crippen LogP contribution in [-0.4, -0.2) is 31.1 Å². The SMILES string of the molecule is CCOP(=O)(OCC)C(F)(F)C(O)c1ccc(OC)cc1. The summed E-state index contributed by atoms with van der Waals surface area (Å²) in [5.74, 6) is 0.451. The Morgan fingerprint density at radius 3 is 2.05 bits per heavy atom. The van der Waals surface area contributed by atoms with Gasteiger partial charge >= 0.3 is 13.3 Å². The van der Waals surface area contributed by atoms with Crippen LogP contribution >= 0.6 is 7.60 Å². The van der Waals surface area contributed by atoms with E-state index in [2.05, 4.69) is 9.05 Å². The van der Waals surface area contributed by atoms with Gasteiger partial charge in [0.15, 0.2) is 6.10 Å². The Labute approximate surface area is 122 Å². The highest BCUT2D eigenvalue weighted by Crippen LogP contribution is 2.66. The van der Waals surface area contributed by atoms with Crippen LogP contribution in [0.25, 0.3) is 0 Å². The van der Waals surface area contributed by atoms with Crippen molar-refractivity contribution in [2.75, 3.05) is 20.3 Å². The molecule has 0 spiro atoms. The minimum atomic E-state index is -4.78. The molecule has 0 saturated carbocycles. The van der Waals surface area contributed by atoms with Gasteiger partial charge in [0, 0.05) is 0 Å². The molecule has 1 aromatic carbocycles. The monoisotopic (exact) mass is 324 g/mol. The lowest BCUT2D eigenvalue weighted by molar-refractivity contribution is -0.0676. The zero-order valence-electron chi connectivity index (χ0n) is 12.1. The van der Waals surface area contributed by atoms with E-state index in [1.165, 1.54) is 45.2 Å². The van der Waals surface area contributed by atoms with Crippen molar-refractivity contribution in [3.8, 4) is 5.75 Å². The van der Waals surface area contributed by atoms with Crippen LogP contribution in [0.3, 0.4) is 0 Å². The van der Waals surface area contributed by atoms with Crippen molar-refractivity contribution in [2.24, 2.45) is 0 Å². The number of alkyl halides is 2. The molecule has 0 bridgehead atoms. The molecule has 0 radical (unpaired) electrons. The largest absolute Gasteiger partial charge is 0.497 e. The first kappa shape index (κ1) is 18.0. The van der Waals surface area contributed by atoms with Crippen molar-refractivity contribution < 1.29 is 32.2 Å².